The summed E-state index contributed by atoms with van der Waals surface area (Å²) in [6.07, 6.45) is 13.1. The Balaban J connectivity index is 1.22. The number of anilines is 2. The van der Waals surface area contributed by atoms with Gasteiger partial charge in [0.15, 0.2) is 0 Å². The molecule has 0 spiro atoms. The second-order valence-electron chi connectivity index (χ2n) is 9.89. The summed E-state index contributed by atoms with van der Waals surface area (Å²) < 4.78 is 0. The van der Waals surface area contributed by atoms with Crippen molar-refractivity contribution < 1.29 is 4.79 Å². The normalized spacial score (nSPS) is 18.9. The van der Waals surface area contributed by atoms with Crippen LogP contribution in [0.15, 0.2) is 42.7 Å². The molecule has 0 unspecified atom stereocenters. The fraction of sp³-hybridized carbons (Fsp3) is 0.593. The summed E-state index contributed by atoms with van der Waals surface area (Å²) in [7, 11) is 0. The van der Waals surface area contributed by atoms with E-state index in [1.807, 2.05) is 24.3 Å². The Morgan fingerprint density at radius 2 is 1.71 bits per heavy atom. The molecule has 7 nitrogen and oxygen atoms in total. The maximum absolute atomic E-state index is 12.8. The third kappa shape index (κ3) is 7.50. The molecule has 34 heavy (non-hydrogen) atoms. The van der Waals surface area contributed by atoms with Crippen molar-refractivity contribution in [2.24, 2.45) is 5.92 Å². The standard InChI is InChI=1S/C27H40N6O/c1-22(19-23-9-4-2-3-5-10-23)30-20-24-11-6-7-12-25(24)31-26(34)21-32-15-17-33(18-16-32)27-28-13-8-14-29-27/h6-8,11-14,22-23,30H,2-5,9-10,15-21H2,1H3,(H,31,34)/t22-/m0/s1. The van der Waals surface area contributed by atoms with E-state index in [2.05, 4.69) is 43.4 Å². The van der Waals surface area contributed by atoms with Crippen molar-refractivity contribution in [1.82, 2.24) is 20.2 Å². The number of carbonyl (C=O) groups excluding carboxylic acids is 1. The monoisotopic (exact) mass is 464 g/mol. The van der Waals surface area contributed by atoms with Gasteiger partial charge < -0.3 is 15.5 Å². The summed E-state index contributed by atoms with van der Waals surface area (Å²) in [4.78, 5) is 25.8. The molecule has 4 rings (SSSR count). The van der Waals surface area contributed by atoms with E-state index in [-0.39, 0.29) is 5.91 Å². The minimum Gasteiger partial charge on any atom is -0.338 e. The lowest BCUT2D eigenvalue weighted by molar-refractivity contribution is -0.117. The average Bonchev–Trinajstić information content (AvgIpc) is 3.13. The fourth-order valence-electron chi connectivity index (χ4n) is 5.22. The number of hydrogen-bond donors (Lipinski definition) is 2. The van der Waals surface area contributed by atoms with Crippen molar-refractivity contribution in [3.63, 3.8) is 0 Å². The average molecular weight is 465 g/mol. The van der Waals surface area contributed by atoms with Crippen LogP contribution in [0, 0.1) is 5.92 Å². The lowest BCUT2D eigenvalue weighted by Crippen LogP contribution is -2.49. The van der Waals surface area contributed by atoms with Crippen molar-refractivity contribution in [3.05, 3.63) is 48.3 Å². The molecule has 2 aliphatic rings. The van der Waals surface area contributed by atoms with Gasteiger partial charge in [0.1, 0.15) is 0 Å². The number of hydrogen-bond acceptors (Lipinski definition) is 6. The molecule has 0 radical (unpaired) electrons. The van der Waals surface area contributed by atoms with Crippen molar-refractivity contribution in [1.29, 1.82) is 0 Å². The maximum atomic E-state index is 12.8. The number of carbonyl (C=O) groups is 1. The van der Waals surface area contributed by atoms with Gasteiger partial charge in [-0.25, -0.2) is 9.97 Å². The fourth-order valence-corrected chi connectivity index (χ4v) is 5.22. The zero-order chi connectivity index (χ0) is 23.6. The van der Waals surface area contributed by atoms with Crippen LogP contribution in [-0.4, -0.2) is 59.5 Å². The van der Waals surface area contributed by atoms with Crippen LogP contribution in [0.1, 0.15) is 57.4 Å². The second kappa shape index (κ2) is 12.8. The molecule has 1 aromatic carbocycles. The topological polar surface area (TPSA) is 73.4 Å². The minimum absolute atomic E-state index is 0.0448. The van der Waals surface area contributed by atoms with Crippen LogP contribution < -0.4 is 15.5 Å². The molecule has 1 aliphatic heterocycles. The number of rotatable bonds is 9. The van der Waals surface area contributed by atoms with E-state index in [0.717, 1.165) is 55.8 Å². The summed E-state index contributed by atoms with van der Waals surface area (Å²) in [5.41, 5.74) is 2.06. The van der Waals surface area contributed by atoms with E-state index in [9.17, 15) is 4.79 Å². The van der Waals surface area contributed by atoms with Gasteiger partial charge in [0.05, 0.1) is 6.54 Å². The number of nitrogens with zero attached hydrogens (tertiary/aromatic N) is 4. The van der Waals surface area contributed by atoms with Crippen LogP contribution >= 0.6 is 0 Å². The van der Waals surface area contributed by atoms with Gasteiger partial charge >= 0.3 is 0 Å². The molecule has 2 aromatic rings. The van der Waals surface area contributed by atoms with E-state index in [1.54, 1.807) is 12.4 Å². The quantitative estimate of drug-likeness (QED) is 0.545. The van der Waals surface area contributed by atoms with E-state index in [0.29, 0.717) is 12.6 Å². The molecule has 0 bridgehead atoms. The summed E-state index contributed by atoms with van der Waals surface area (Å²) in [5.74, 6) is 1.67. The Kier molecular flexibility index (Phi) is 9.27. The molecule has 1 saturated heterocycles. The van der Waals surface area contributed by atoms with Gasteiger partial charge in [0.2, 0.25) is 11.9 Å². The van der Waals surface area contributed by atoms with Crippen LogP contribution in [0.2, 0.25) is 0 Å². The molecule has 2 fully saturated rings. The third-order valence-corrected chi connectivity index (χ3v) is 7.17. The van der Waals surface area contributed by atoms with Gasteiger partial charge in [-0.3, -0.25) is 9.69 Å². The molecule has 7 heteroatoms. The van der Waals surface area contributed by atoms with Gasteiger partial charge in [-0.1, -0.05) is 56.7 Å². The van der Waals surface area contributed by atoms with Crippen molar-refractivity contribution in [2.75, 3.05) is 42.9 Å². The van der Waals surface area contributed by atoms with Gasteiger partial charge in [0, 0.05) is 56.8 Å². The van der Waals surface area contributed by atoms with Crippen LogP contribution in [0.3, 0.4) is 0 Å². The summed E-state index contributed by atoms with van der Waals surface area (Å²) in [6, 6.07) is 10.5. The maximum Gasteiger partial charge on any atom is 0.238 e. The van der Waals surface area contributed by atoms with Crippen molar-refractivity contribution in [3.8, 4) is 0 Å². The van der Waals surface area contributed by atoms with Crippen LogP contribution in [0.25, 0.3) is 0 Å². The Labute approximate surface area is 204 Å². The van der Waals surface area contributed by atoms with Crippen LogP contribution in [0.4, 0.5) is 11.6 Å². The SMILES string of the molecule is C[C@@H](CC1CCCCCC1)NCc1ccccc1NC(=O)CN1CCN(c2ncccn2)CC1. The Morgan fingerprint density at radius 3 is 2.44 bits per heavy atom. The summed E-state index contributed by atoms with van der Waals surface area (Å²) >= 11 is 0. The van der Waals surface area contributed by atoms with Crippen LogP contribution in [0.5, 0.6) is 0 Å². The molecule has 1 amide bonds. The highest BCUT2D eigenvalue weighted by atomic mass is 16.2. The lowest BCUT2D eigenvalue weighted by Gasteiger charge is -2.34. The van der Waals surface area contributed by atoms with Gasteiger partial charge in [-0.05, 0) is 37.0 Å². The predicted molar refractivity (Wildman–Crippen MR) is 138 cm³/mol. The number of piperazine rings is 1. The molecule has 2 N–H and O–H groups in total. The van der Waals surface area contributed by atoms with E-state index < -0.39 is 0 Å². The molecule has 2 heterocycles. The number of amides is 1. The van der Waals surface area contributed by atoms with Gasteiger partial charge in [-0.15, -0.1) is 0 Å². The molecule has 1 aliphatic carbocycles. The largest absolute Gasteiger partial charge is 0.338 e. The first-order valence-corrected chi connectivity index (χ1v) is 13.0. The Morgan fingerprint density at radius 1 is 1.00 bits per heavy atom. The smallest absolute Gasteiger partial charge is 0.238 e. The molecular weight excluding hydrogens is 424 g/mol. The Bertz CT molecular complexity index is 876. The molecular formula is C27H40N6O. The summed E-state index contributed by atoms with van der Waals surface area (Å²) in [6.45, 7) is 6.80. The highest BCUT2D eigenvalue weighted by Gasteiger charge is 2.21. The van der Waals surface area contributed by atoms with Crippen molar-refractivity contribution in [2.45, 2.75) is 64.5 Å². The van der Waals surface area contributed by atoms with Gasteiger partial charge in [0.25, 0.3) is 0 Å². The molecule has 1 saturated carbocycles. The Hall–Kier alpha value is -2.51. The summed E-state index contributed by atoms with van der Waals surface area (Å²) in [5, 5.41) is 6.86. The number of para-hydroxylation sites is 1. The van der Waals surface area contributed by atoms with Crippen LogP contribution in [-0.2, 0) is 11.3 Å². The van der Waals surface area contributed by atoms with Gasteiger partial charge in [-0.2, -0.15) is 0 Å². The highest BCUT2D eigenvalue weighted by Crippen LogP contribution is 2.26. The second-order valence-corrected chi connectivity index (χ2v) is 9.89. The minimum atomic E-state index is 0.0448. The predicted octanol–water partition coefficient (Wildman–Crippen LogP) is 4.08. The van der Waals surface area contributed by atoms with E-state index >= 15 is 0 Å². The third-order valence-electron chi connectivity index (χ3n) is 7.17. The number of aromatic nitrogens is 2. The molecule has 184 valence electrons. The lowest BCUT2D eigenvalue weighted by atomic mass is 9.93. The van der Waals surface area contributed by atoms with E-state index in [1.165, 1.54) is 44.9 Å². The number of benzene rings is 1. The molecule has 1 aromatic heterocycles. The van der Waals surface area contributed by atoms with Crippen molar-refractivity contribution >= 4 is 17.5 Å². The first-order chi connectivity index (χ1) is 16.7. The highest BCUT2D eigenvalue weighted by molar-refractivity contribution is 5.93. The first kappa shape index (κ1) is 24.6. The van der Waals surface area contributed by atoms with E-state index in [4.69, 9.17) is 0 Å². The molecule has 1 atom stereocenters. The zero-order valence-electron chi connectivity index (χ0n) is 20.6. The number of nitrogens with one attached hydrogen (secondary N) is 2. The zero-order valence-corrected chi connectivity index (χ0v) is 20.6. The first-order valence-electron chi connectivity index (χ1n) is 13.0.